The summed E-state index contributed by atoms with van der Waals surface area (Å²) in [4.78, 5) is 9.70. The summed E-state index contributed by atoms with van der Waals surface area (Å²) in [6.45, 7) is 0. The first kappa shape index (κ1) is 12.8. The van der Waals surface area contributed by atoms with Crippen molar-refractivity contribution in [1.29, 1.82) is 0 Å². The second kappa shape index (κ2) is 4.83. The zero-order chi connectivity index (χ0) is 14.3. The van der Waals surface area contributed by atoms with Crippen LogP contribution in [0.2, 0.25) is 0 Å². The number of nitrogens with zero attached hydrogens (tertiary/aromatic N) is 2. The molecule has 3 heteroatoms. The van der Waals surface area contributed by atoms with Crippen LogP contribution in [0.3, 0.4) is 0 Å². The van der Waals surface area contributed by atoms with E-state index in [0.717, 1.165) is 43.7 Å². The molecule has 0 bridgehead atoms. The van der Waals surface area contributed by atoms with Gasteiger partial charge in [-0.1, -0.05) is 43.2 Å². The molecule has 2 aliphatic rings. The number of nitrogen functional groups attached to an aromatic ring is 1. The highest BCUT2D eigenvalue weighted by molar-refractivity contribution is 5.47. The summed E-state index contributed by atoms with van der Waals surface area (Å²) in [7, 11) is 0. The topological polar surface area (TPSA) is 51.8 Å². The number of benzene rings is 1. The third-order valence-corrected chi connectivity index (χ3v) is 5.18. The number of rotatable bonds is 2. The molecule has 4 rings (SSSR count). The van der Waals surface area contributed by atoms with Crippen molar-refractivity contribution < 1.29 is 0 Å². The monoisotopic (exact) mass is 279 g/mol. The minimum absolute atomic E-state index is 0.0208. The van der Waals surface area contributed by atoms with Crippen LogP contribution in [0.25, 0.3) is 0 Å². The number of aromatic nitrogens is 2. The lowest BCUT2D eigenvalue weighted by Gasteiger charge is -2.28. The van der Waals surface area contributed by atoms with E-state index in [9.17, 15) is 0 Å². The molecule has 1 saturated carbocycles. The molecule has 0 atom stereocenters. The van der Waals surface area contributed by atoms with Gasteiger partial charge in [-0.15, -0.1) is 0 Å². The average Bonchev–Trinajstić information content (AvgIpc) is 3.18. The molecule has 0 saturated heterocycles. The van der Waals surface area contributed by atoms with Crippen LogP contribution >= 0.6 is 0 Å². The maximum absolute atomic E-state index is 6.23. The fourth-order valence-electron chi connectivity index (χ4n) is 4.05. The highest BCUT2D eigenvalue weighted by Crippen LogP contribution is 2.45. The van der Waals surface area contributed by atoms with Crippen LogP contribution in [-0.2, 0) is 18.3 Å². The Morgan fingerprint density at radius 3 is 2.43 bits per heavy atom. The van der Waals surface area contributed by atoms with Crippen LogP contribution in [0, 0.1) is 0 Å². The predicted molar refractivity (Wildman–Crippen MR) is 84.2 cm³/mol. The van der Waals surface area contributed by atoms with Crippen molar-refractivity contribution in [2.45, 2.75) is 50.4 Å². The first-order valence-corrected chi connectivity index (χ1v) is 8.01. The highest BCUT2D eigenvalue weighted by Gasteiger charge is 2.40. The number of anilines is 1. The Morgan fingerprint density at radius 2 is 1.67 bits per heavy atom. The number of hydrogen-bond acceptors (Lipinski definition) is 3. The summed E-state index contributed by atoms with van der Waals surface area (Å²) in [5, 5.41) is 0. The van der Waals surface area contributed by atoms with Crippen molar-refractivity contribution in [3.8, 4) is 0 Å². The minimum atomic E-state index is -0.0208. The van der Waals surface area contributed by atoms with E-state index in [4.69, 9.17) is 15.7 Å². The van der Waals surface area contributed by atoms with Crippen molar-refractivity contribution in [3.63, 3.8) is 0 Å². The molecule has 1 aromatic heterocycles. The zero-order valence-electron chi connectivity index (χ0n) is 12.3. The van der Waals surface area contributed by atoms with E-state index < -0.39 is 0 Å². The second-order valence-corrected chi connectivity index (χ2v) is 6.37. The standard InChI is InChI=1S/C18H21N3/c19-16-14-9-6-10-15(14)20-17(21-16)18(11-4-5-12-18)13-7-2-1-3-8-13/h1-3,7-8H,4-6,9-12H2,(H2,19,20,21). The summed E-state index contributed by atoms with van der Waals surface area (Å²) < 4.78 is 0. The SMILES string of the molecule is Nc1nc(C2(c3ccccc3)CCCC2)nc2c1CCC2. The largest absolute Gasteiger partial charge is 0.383 e. The summed E-state index contributed by atoms with van der Waals surface area (Å²) in [6, 6.07) is 10.7. The molecule has 0 spiro atoms. The Bertz CT molecular complexity index is 658. The number of nitrogens with two attached hydrogens (primary N) is 1. The first-order chi connectivity index (χ1) is 10.3. The third-order valence-electron chi connectivity index (χ3n) is 5.18. The molecule has 1 aromatic carbocycles. The maximum Gasteiger partial charge on any atom is 0.141 e. The van der Waals surface area contributed by atoms with Gasteiger partial charge < -0.3 is 5.73 Å². The number of fused-ring (bicyclic) bond motifs is 1. The quantitative estimate of drug-likeness (QED) is 0.916. The van der Waals surface area contributed by atoms with E-state index in [2.05, 4.69) is 30.3 Å². The molecule has 1 heterocycles. The molecule has 21 heavy (non-hydrogen) atoms. The van der Waals surface area contributed by atoms with Crippen molar-refractivity contribution in [1.82, 2.24) is 9.97 Å². The van der Waals surface area contributed by atoms with Gasteiger partial charge >= 0.3 is 0 Å². The van der Waals surface area contributed by atoms with Crippen LogP contribution < -0.4 is 5.73 Å². The summed E-state index contributed by atoms with van der Waals surface area (Å²) in [5.74, 6) is 1.68. The van der Waals surface area contributed by atoms with Gasteiger partial charge in [-0.3, -0.25) is 0 Å². The van der Waals surface area contributed by atoms with Gasteiger partial charge in [-0.25, -0.2) is 9.97 Å². The Hall–Kier alpha value is -1.90. The normalized spacial score (nSPS) is 19.6. The molecule has 108 valence electrons. The van der Waals surface area contributed by atoms with Crippen molar-refractivity contribution in [3.05, 3.63) is 53.0 Å². The van der Waals surface area contributed by atoms with Crippen LogP contribution in [-0.4, -0.2) is 9.97 Å². The molecule has 1 fully saturated rings. The molecule has 3 nitrogen and oxygen atoms in total. The van der Waals surface area contributed by atoms with E-state index in [1.165, 1.54) is 29.7 Å². The predicted octanol–water partition coefficient (Wildman–Crippen LogP) is 3.41. The van der Waals surface area contributed by atoms with Crippen LogP contribution in [0.1, 0.15) is 54.7 Å². The Kier molecular flexibility index (Phi) is 2.95. The van der Waals surface area contributed by atoms with Gasteiger partial charge in [0.1, 0.15) is 11.6 Å². The lowest BCUT2D eigenvalue weighted by molar-refractivity contribution is 0.497. The fraction of sp³-hybridized carbons (Fsp3) is 0.444. The van der Waals surface area contributed by atoms with Gasteiger partial charge in [0, 0.05) is 11.3 Å². The van der Waals surface area contributed by atoms with Gasteiger partial charge in [0.25, 0.3) is 0 Å². The summed E-state index contributed by atoms with van der Waals surface area (Å²) in [6.07, 6.45) is 8.02. The van der Waals surface area contributed by atoms with Crippen molar-refractivity contribution >= 4 is 5.82 Å². The maximum atomic E-state index is 6.23. The highest BCUT2D eigenvalue weighted by atomic mass is 15.0. The molecule has 2 N–H and O–H groups in total. The molecule has 0 unspecified atom stereocenters. The van der Waals surface area contributed by atoms with Crippen molar-refractivity contribution in [2.24, 2.45) is 0 Å². The van der Waals surface area contributed by atoms with Crippen LogP contribution in [0.15, 0.2) is 30.3 Å². The molecule has 2 aromatic rings. The molecule has 0 radical (unpaired) electrons. The molecule has 2 aliphatic carbocycles. The van der Waals surface area contributed by atoms with Crippen LogP contribution in [0.4, 0.5) is 5.82 Å². The average molecular weight is 279 g/mol. The lowest BCUT2D eigenvalue weighted by atomic mass is 9.78. The van der Waals surface area contributed by atoms with E-state index >= 15 is 0 Å². The Balaban J connectivity index is 1.88. The van der Waals surface area contributed by atoms with Gasteiger partial charge in [-0.2, -0.15) is 0 Å². The lowest BCUT2D eigenvalue weighted by Crippen LogP contribution is -2.28. The Labute approximate surface area is 125 Å². The van der Waals surface area contributed by atoms with E-state index in [-0.39, 0.29) is 5.41 Å². The number of hydrogen-bond donors (Lipinski definition) is 1. The van der Waals surface area contributed by atoms with Gasteiger partial charge in [-0.05, 0) is 37.7 Å². The molecular formula is C18H21N3. The van der Waals surface area contributed by atoms with Crippen LogP contribution in [0.5, 0.6) is 0 Å². The third kappa shape index (κ3) is 1.95. The second-order valence-electron chi connectivity index (χ2n) is 6.37. The van der Waals surface area contributed by atoms with Gasteiger partial charge in [0.2, 0.25) is 0 Å². The first-order valence-electron chi connectivity index (χ1n) is 8.01. The number of aryl methyl sites for hydroxylation is 1. The Morgan fingerprint density at radius 1 is 0.905 bits per heavy atom. The zero-order valence-corrected chi connectivity index (χ0v) is 12.3. The molecule has 0 aliphatic heterocycles. The van der Waals surface area contributed by atoms with E-state index in [0.29, 0.717) is 0 Å². The smallest absolute Gasteiger partial charge is 0.141 e. The molecular weight excluding hydrogens is 258 g/mol. The molecule has 0 amide bonds. The minimum Gasteiger partial charge on any atom is -0.383 e. The van der Waals surface area contributed by atoms with E-state index in [1.807, 2.05) is 0 Å². The van der Waals surface area contributed by atoms with E-state index in [1.54, 1.807) is 0 Å². The summed E-state index contributed by atoms with van der Waals surface area (Å²) >= 11 is 0. The summed E-state index contributed by atoms with van der Waals surface area (Å²) in [5.41, 5.74) is 9.94. The van der Waals surface area contributed by atoms with Crippen molar-refractivity contribution in [2.75, 3.05) is 5.73 Å². The van der Waals surface area contributed by atoms with Gasteiger partial charge in [0.15, 0.2) is 0 Å². The fourth-order valence-corrected chi connectivity index (χ4v) is 4.05. The van der Waals surface area contributed by atoms with Gasteiger partial charge in [0.05, 0.1) is 5.41 Å².